The number of carbonyl (C=O) groups is 2. The number of hydrogen-bond acceptors (Lipinski definition) is 4. The van der Waals surface area contributed by atoms with Crippen LogP contribution in [0.2, 0.25) is 0 Å². The second-order valence-electron chi connectivity index (χ2n) is 11.6. The zero-order valence-corrected chi connectivity index (χ0v) is 23.1. The molecule has 0 spiro atoms. The number of carboxylic acid groups (broad SMARTS) is 1. The Labute approximate surface area is 233 Å². The highest BCUT2D eigenvalue weighted by Gasteiger charge is 2.62. The van der Waals surface area contributed by atoms with Crippen molar-refractivity contribution < 1.29 is 33.0 Å². The van der Waals surface area contributed by atoms with Crippen LogP contribution >= 0.6 is 0 Å². The Bertz CT molecular complexity index is 1190. The number of carboxylic acids is 1. The van der Waals surface area contributed by atoms with Crippen molar-refractivity contribution in [2.45, 2.75) is 101 Å². The highest BCUT2D eigenvalue weighted by Crippen LogP contribution is 2.46. The smallest absolute Gasteiger partial charge is 0.329 e. The summed E-state index contributed by atoms with van der Waals surface area (Å²) in [7, 11) is 0. The van der Waals surface area contributed by atoms with Crippen molar-refractivity contribution in [3.05, 3.63) is 59.2 Å². The van der Waals surface area contributed by atoms with E-state index in [4.69, 9.17) is 9.47 Å². The molecular weight excluding hydrogens is 518 g/mol. The second kappa shape index (κ2) is 11.3. The Morgan fingerprint density at radius 1 is 1.02 bits per heavy atom. The van der Waals surface area contributed by atoms with E-state index >= 15 is 0 Å². The number of nitrogens with zero attached hydrogens (tertiary/aromatic N) is 1. The maximum absolute atomic E-state index is 13.8. The minimum absolute atomic E-state index is 0.172. The third kappa shape index (κ3) is 6.67. The molecule has 40 heavy (non-hydrogen) atoms. The quantitative estimate of drug-likeness (QED) is 0.278. The first kappa shape index (κ1) is 28.2. The molecule has 3 aliphatic rings. The third-order valence-corrected chi connectivity index (χ3v) is 8.02. The summed E-state index contributed by atoms with van der Waals surface area (Å²) in [5.41, 5.74) is 0.917. The SMILES string of the molecule is Cc1c(OC2CC2)cc(C(C)N(CCCCc2ccccc2)C(=O)NC2(C(=O)O)CC(F)(F)C2)cc1OC1CC1. The van der Waals surface area contributed by atoms with Crippen LogP contribution in [0.5, 0.6) is 11.5 Å². The number of benzene rings is 2. The van der Waals surface area contributed by atoms with Crippen LogP contribution in [-0.4, -0.2) is 52.2 Å². The van der Waals surface area contributed by atoms with E-state index in [9.17, 15) is 23.5 Å². The first-order chi connectivity index (χ1) is 19.1. The largest absolute Gasteiger partial charge is 0.490 e. The van der Waals surface area contributed by atoms with Gasteiger partial charge >= 0.3 is 12.0 Å². The Morgan fingerprint density at radius 2 is 1.60 bits per heavy atom. The van der Waals surface area contributed by atoms with E-state index in [1.807, 2.05) is 44.2 Å². The maximum Gasteiger partial charge on any atom is 0.329 e. The fourth-order valence-corrected chi connectivity index (χ4v) is 5.21. The van der Waals surface area contributed by atoms with E-state index in [2.05, 4.69) is 17.4 Å². The Kier molecular flexibility index (Phi) is 7.93. The summed E-state index contributed by atoms with van der Waals surface area (Å²) in [5.74, 6) is -3.13. The fraction of sp³-hybridized carbons (Fsp3) is 0.548. The lowest BCUT2D eigenvalue weighted by Gasteiger charge is -2.45. The minimum Gasteiger partial charge on any atom is -0.490 e. The van der Waals surface area contributed by atoms with Crippen molar-refractivity contribution in [3.8, 4) is 11.5 Å². The zero-order chi connectivity index (χ0) is 28.5. The topological polar surface area (TPSA) is 88.1 Å². The Balaban J connectivity index is 1.37. The summed E-state index contributed by atoms with van der Waals surface area (Å²) < 4.78 is 39.9. The maximum atomic E-state index is 13.8. The van der Waals surface area contributed by atoms with Crippen molar-refractivity contribution in [1.29, 1.82) is 0 Å². The average molecular weight is 557 g/mol. The molecule has 5 rings (SSSR count). The van der Waals surface area contributed by atoms with Crippen molar-refractivity contribution in [3.63, 3.8) is 0 Å². The monoisotopic (exact) mass is 556 g/mol. The van der Waals surface area contributed by atoms with Gasteiger partial charge in [0.05, 0.1) is 18.2 Å². The number of hydrogen-bond donors (Lipinski definition) is 2. The number of ether oxygens (including phenoxy) is 2. The van der Waals surface area contributed by atoms with Gasteiger partial charge in [0, 0.05) is 24.9 Å². The standard InChI is InChI=1S/C31H38F2N2O5/c1-20-26(39-24-11-12-24)16-23(17-27(20)40-25-13-14-25)21(2)35(15-7-6-10-22-8-4-3-5-9-22)29(38)34-30(28(36)37)18-31(32,33)19-30/h3-5,8-9,16-17,21,24-25H,6-7,10-15,18-19H2,1-2H3,(H,34,38)(H,36,37). The number of aryl methyl sites for hydroxylation is 1. The number of rotatable bonds is 13. The molecular formula is C31H38F2N2O5. The zero-order valence-electron chi connectivity index (χ0n) is 23.1. The van der Waals surface area contributed by atoms with E-state index in [1.165, 1.54) is 5.56 Å². The molecule has 3 saturated carbocycles. The fourth-order valence-electron chi connectivity index (χ4n) is 5.21. The molecule has 9 heteroatoms. The molecule has 216 valence electrons. The van der Waals surface area contributed by atoms with Crippen LogP contribution in [0.1, 0.15) is 81.0 Å². The molecule has 0 bridgehead atoms. The van der Waals surface area contributed by atoms with Gasteiger partial charge in [-0.2, -0.15) is 0 Å². The molecule has 3 aliphatic carbocycles. The lowest BCUT2D eigenvalue weighted by Crippen LogP contribution is -2.68. The van der Waals surface area contributed by atoms with Gasteiger partial charge in [0.1, 0.15) is 11.5 Å². The number of nitrogens with one attached hydrogen (secondary N) is 1. The first-order valence-corrected chi connectivity index (χ1v) is 14.3. The Hall–Kier alpha value is -3.36. The summed E-state index contributed by atoms with van der Waals surface area (Å²) in [5, 5.41) is 12.2. The summed E-state index contributed by atoms with van der Waals surface area (Å²) >= 11 is 0. The number of halogens is 2. The van der Waals surface area contributed by atoms with Gasteiger partial charge in [-0.15, -0.1) is 0 Å². The van der Waals surface area contributed by atoms with E-state index in [1.54, 1.807) is 4.90 Å². The van der Waals surface area contributed by atoms with Gasteiger partial charge in [-0.3, -0.25) is 0 Å². The van der Waals surface area contributed by atoms with Gasteiger partial charge in [0.2, 0.25) is 0 Å². The predicted molar refractivity (Wildman–Crippen MR) is 146 cm³/mol. The molecule has 0 heterocycles. The van der Waals surface area contributed by atoms with Gasteiger partial charge in [0.15, 0.2) is 5.54 Å². The predicted octanol–water partition coefficient (Wildman–Crippen LogP) is 6.43. The number of amides is 2. The summed E-state index contributed by atoms with van der Waals surface area (Å²) in [6.45, 7) is 4.16. The molecule has 2 aromatic carbocycles. The molecule has 0 aromatic heterocycles. The summed E-state index contributed by atoms with van der Waals surface area (Å²) in [6.07, 6.45) is 4.80. The lowest BCUT2D eigenvalue weighted by molar-refractivity contribution is -0.175. The number of alkyl halides is 2. The van der Waals surface area contributed by atoms with Crippen LogP contribution in [-0.2, 0) is 11.2 Å². The van der Waals surface area contributed by atoms with E-state index in [0.29, 0.717) is 24.5 Å². The van der Waals surface area contributed by atoms with Crippen molar-refractivity contribution in [2.24, 2.45) is 0 Å². The van der Waals surface area contributed by atoms with Crippen molar-refractivity contribution in [1.82, 2.24) is 10.2 Å². The highest BCUT2D eigenvalue weighted by molar-refractivity contribution is 5.88. The molecule has 2 amide bonds. The molecule has 0 aliphatic heterocycles. The van der Waals surface area contributed by atoms with Crippen LogP contribution in [0.4, 0.5) is 13.6 Å². The number of carbonyl (C=O) groups excluding carboxylic acids is 1. The van der Waals surface area contributed by atoms with Gasteiger partial charge in [-0.25, -0.2) is 18.4 Å². The minimum atomic E-state index is -3.11. The van der Waals surface area contributed by atoms with Crippen LogP contribution < -0.4 is 14.8 Å². The third-order valence-electron chi connectivity index (χ3n) is 8.02. The molecule has 1 unspecified atom stereocenters. The molecule has 0 saturated heterocycles. The van der Waals surface area contributed by atoms with E-state index in [-0.39, 0.29) is 12.2 Å². The van der Waals surface area contributed by atoms with Crippen molar-refractivity contribution >= 4 is 12.0 Å². The number of urea groups is 1. The molecule has 2 aromatic rings. The van der Waals surface area contributed by atoms with Crippen LogP contribution in [0.25, 0.3) is 0 Å². The van der Waals surface area contributed by atoms with Crippen molar-refractivity contribution in [2.75, 3.05) is 6.54 Å². The number of aliphatic carboxylic acids is 1. The van der Waals surface area contributed by atoms with Crippen LogP contribution in [0.3, 0.4) is 0 Å². The normalized spacial score (nSPS) is 19.7. The number of unbranched alkanes of at least 4 members (excludes halogenated alkanes) is 1. The van der Waals surface area contributed by atoms with Gasteiger partial charge in [-0.1, -0.05) is 30.3 Å². The van der Waals surface area contributed by atoms with E-state index in [0.717, 1.165) is 49.7 Å². The van der Waals surface area contributed by atoms with Gasteiger partial charge in [-0.05, 0) is 82.1 Å². The Morgan fingerprint density at radius 3 is 2.10 bits per heavy atom. The molecule has 2 N–H and O–H groups in total. The second-order valence-corrected chi connectivity index (χ2v) is 11.6. The van der Waals surface area contributed by atoms with E-state index < -0.39 is 42.3 Å². The first-order valence-electron chi connectivity index (χ1n) is 14.3. The highest BCUT2D eigenvalue weighted by atomic mass is 19.3. The van der Waals surface area contributed by atoms with Gasteiger partial charge < -0.3 is 24.8 Å². The average Bonchev–Trinajstić information content (AvgIpc) is 3.82. The van der Waals surface area contributed by atoms with Crippen LogP contribution in [0, 0.1) is 6.92 Å². The summed E-state index contributed by atoms with van der Waals surface area (Å²) in [6, 6.07) is 12.7. The molecule has 1 atom stereocenters. The lowest BCUT2D eigenvalue weighted by atomic mass is 9.73. The molecule has 0 radical (unpaired) electrons. The van der Waals surface area contributed by atoms with Crippen LogP contribution in [0.15, 0.2) is 42.5 Å². The molecule has 7 nitrogen and oxygen atoms in total. The molecule has 3 fully saturated rings. The summed E-state index contributed by atoms with van der Waals surface area (Å²) in [4.78, 5) is 27.1. The van der Waals surface area contributed by atoms with Gasteiger partial charge in [0.25, 0.3) is 5.92 Å².